The van der Waals surface area contributed by atoms with Gasteiger partial charge in [0.15, 0.2) is 0 Å². The molecule has 1 aromatic carbocycles. The normalized spacial score (nSPS) is 18.8. The number of hydrogen-bond acceptors (Lipinski definition) is 4. The van der Waals surface area contributed by atoms with E-state index in [-0.39, 0.29) is 29.1 Å². The van der Waals surface area contributed by atoms with Gasteiger partial charge in [0.05, 0.1) is 5.75 Å². The van der Waals surface area contributed by atoms with Crippen LogP contribution in [0.25, 0.3) is 0 Å². The molecule has 1 aromatic rings. The Labute approximate surface area is 122 Å². The van der Waals surface area contributed by atoms with Crippen LogP contribution in [0.3, 0.4) is 0 Å². The molecule has 1 amide bonds. The molecule has 1 atom stereocenters. The summed E-state index contributed by atoms with van der Waals surface area (Å²) in [7, 11) is -3.51. The smallest absolute Gasteiger partial charge is 0.221 e. The van der Waals surface area contributed by atoms with Crippen molar-refractivity contribution in [2.75, 3.05) is 6.54 Å². The highest BCUT2D eigenvalue weighted by atomic mass is 32.2. The van der Waals surface area contributed by atoms with Crippen LogP contribution in [0.4, 0.5) is 0 Å². The van der Waals surface area contributed by atoms with Crippen molar-refractivity contribution in [3.63, 3.8) is 0 Å². The molecule has 0 radical (unpaired) electrons. The fourth-order valence-corrected chi connectivity index (χ4v) is 3.52. The van der Waals surface area contributed by atoms with E-state index in [1.807, 2.05) is 0 Å². The minimum Gasteiger partial charge on any atom is -0.389 e. The number of sulfonamides is 1. The van der Waals surface area contributed by atoms with Crippen molar-refractivity contribution in [3.8, 4) is 0 Å². The molecule has 0 saturated carbocycles. The molecule has 8 heteroatoms. The van der Waals surface area contributed by atoms with Crippen molar-refractivity contribution in [2.45, 2.75) is 18.2 Å². The number of carbonyl (C=O) groups is 1. The average Bonchev–Trinajstić information content (AvgIpc) is 2.73. The maximum Gasteiger partial charge on any atom is 0.221 e. The van der Waals surface area contributed by atoms with Crippen LogP contribution in [0.5, 0.6) is 0 Å². The van der Waals surface area contributed by atoms with E-state index in [9.17, 15) is 13.2 Å². The monoisotopic (exact) mass is 313 g/mol. The first-order valence-corrected chi connectivity index (χ1v) is 8.07. The number of benzene rings is 1. The number of carbonyl (C=O) groups excluding carboxylic acids is 1. The van der Waals surface area contributed by atoms with E-state index in [0.717, 1.165) is 0 Å². The highest BCUT2D eigenvalue weighted by Gasteiger charge is 2.25. The van der Waals surface area contributed by atoms with Crippen LogP contribution in [-0.4, -0.2) is 31.9 Å². The van der Waals surface area contributed by atoms with E-state index < -0.39 is 10.0 Å². The number of nitrogens with two attached hydrogens (primary N) is 1. The molecule has 1 unspecified atom stereocenters. The van der Waals surface area contributed by atoms with Crippen LogP contribution in [0.15, 0.2) is 24.3 Å². The quantitative estimate of drug-likeness (QED) is 0.644. The lowest BCUT2D eigenvalue weighted by atomic mass is 10.1. The van der Waals surface area contributed by atoms with E-state index in [1.54, 1.807) is 24.3 Å². The molecule has 20 heavy (non-hydrogen) atoms. The van der Waals surface area contributed by atoms with Gasteiger partial charge in [-0.05, 0) is 11.6 Å². The fraction of sp³-hybridized carbons (Fsp3) is 0.333. The molecular formula is C12H15N3O3S2. The van der Waals surface area contributed by atoms with Crippen molar-refractivity contribution >= 4 is 33.1 Å². The van der Waals surface area contributed by atoms with E-state index in [4.69, 9.17) is 18.0 Å². The summed E-state index contributed by atoms with van der Waals surface area (Å²) in [6.07, 6.45) is 0.173. The van der Waals surface area contributed by atoms with Crippen LogP contribution in [-0.2, 0) is 20.6 Å². The van der Waals surface area contributed by atoms with Gasteiger partial charge in [0.2, 0.25) is 15.9 Å². The summed E-state index contributed by atoms with van der Waals surface area (Å²) in [5.41, 5.74) is 6.74. The summed E-state index contributed by atoms with van der Waals surface area (Å²) in [6, 6.07) is 6.40. The van der Waals surface area contributed by atoms with Crippen LogP contribution in [0.2, 0.25) is 0 Å². The molecule has 1 fully saturated rings. The largest absolute Gasteiger partial charge is 0.389 e. The summed E-state index contributed by atoms with van der Waals surface area (Å²) < 4.78 is 26.6. The lowest BCUT2D eigenvalue weighted by molar-refractivity contribution is -0.119. The topological polar surface area (TPSA) is 101 Å². The Hall–Kier alpha value is -1.51. The third kappa shape index (κ3) is 3.99. The number of rotatable bonds is 5. The van der Waals surface area contributed by atoms with Crippen molar-refractivity contribution < 1.29 is 13.2 Å². The molecule has 6 nitrogen and oxygen atoms in total. The van der Waals surface area contributed by atoms with E-state index in [2.05, 4.69) is 10.0 Å². The second kappa shape index (κ2) is 5.86. The van der Waals surface area contributed by atoms with Crippen LogP contribution in [0, 0.1) is 0 Å². The molecule has 108 valence electrons. The molecule has 1 saturated heterocycles. The molecular weight excluding hydrogens is 298 g/mol. The van der Waals surface area contributed by atoms with Crippen molar-refractivity contribution in [1.82, 2.24) is 10.0 Å². The lowest BCUT2D eigenvalue weighted by Gasteiger charge is -2.11. The van der Waals surface area contributed by atoms with Gasteiger partial charge in [0, 0.05) is 24.6 Å². The fourth-order valence-electron chi connectivity index (χ4n) is 2.02. The SMILES string of the molecule is NC(=S)c1cccc(CS(=O)(=O)NC2CNC(=O)C2)c1. The summed E-state index contributed by atoms with van der Waals surface area (Å²) in [4.78, 5) is 11.3. The maximum atomic E-state index is 12.0. The van der Waals surface area contributed by atoms with Crippen LogP contribution in [0.1, 0.15) is 17.5 Å². The Morgan fingerprint density at radius 3 is 2.85 bits per heavy atom. The van der Waals surface area contributed by atoms with Gasteiger partial charge in [0.1, 0.15) is 4.99 Å². The van der Waals surface area contributed by atoms with Crippen LogP contribution < -0.4 is 15.8 Å². The first-order chi connectivity index (χ1) is 9.35. The van der Waals surface area contributed by atoms with Gasteiger partial charge in [0.25, 0.3) is 0 Å². The average molecular weight is 313 g/mol. The Kier molecular flexibility index (Phi) is 4.36. The first kappa shape index (κ1) is 14.9. The molecule has 1 aliphatic rings. The second-order valence-electron chi connectivity index (χ2n) is 4.65. The highest BCUT2D eigenvalue weighted by Crippen LogP contribution is 2.10. The zero-order chi connectivity index (χ0) is 14.8. The van der Waals surface area contributed by atoms with Gasteiger partial charge in [-0.3, -0.25) is 4.79 Å². The Morgan fingerprint density at radius 1 is 1.50 bits per heavy atom. The summed E-state index contributed by atoms with van der Waals surface area (Å²) in [5.74, 6) is -0.318. The van der Waals surface area contributed by atoms with Gasteiger partial charge in [-0.25, -0.2) is 13.1 Å². The summed E-state index contributed by atoms with van der Waals surface area (Å²) in [6.45, 7) is 0.324. The molecule has 0 spiro atoms. The minimum atomic E-state index is -3.51. The summed E-state index contributed by atoms with van der Waals surface area (Å²) >= 11 is 4.86. The number of thiocarbonyl (C=S) groups is 1. The lowest BCUT2D eigenvalue weighted by Crippen LogP contribution is -2.36. The molecule has 4 N–H and O–H groups in total. The highest BCUT2D eigenvalue weighted by molar-refractivity contribution is 7.88. The zero-order valence-corrected chi connectivity index (χ0v) is 12.3. The summed E-state index contributed by atoms with van der Waals surface area (Å²) in [5, 5.41) is 2.58. The zero-order valence-electron chi connectivity index (χ0n) is 10.6. The van der Waals surface area contributed by atoms with Gasteiger partial charge >= 0.3 is 0 Å². The number of amides is 1. The Balaban J connectivity index is 2.06. The van der Waals surface area contributed by atoms with Crippen molar-refractivity contribution in [1.29, 1.82) is 0 Å². The predicted molar refractivity (Wildman–Crippen MR) is 79.5 cm³/mol. The van der Waals surface area contributed by atoms with Gasteiger partial charge < -0.3 is 11.1 Å². The number of hydrogen-bond donors (Lipinski definition) is 3. The van der Waals surface area contributed by atoms with Gasteiger partial charge in [-0.2, -0.15) is 0 Å². The predicted octanol–water partition coefficient (Wildman–Crippen LogP) is -0.371. The maximum absolute atomic E-state index is 12.0. The van der Waals surface area contributed by atoms with Crippen molar-refractivity contribution in [3.05, 3.63) is 35.4 Å². The van der Waals surface area contributed by atoms with Gasteiger partial charge in [-0.1, -0.05) is 30.4 Å². The molecule has 0 bridgehead atoms. The molecule has 1 heterocycles. The van der Waals surface area contributed by atoms with E-state index >= 15 is 0 Å². The molecule has 2 rings (SSSR count). The van der Waals surface area contributed by atoms with Gasteiger partial charge in [-0.15, -0.1) is 0 Å². The first-order valence-electron chi connectivity index (χ1n) is 6.01. The molecule has 0 aliphatic carbocycles. The molecule has 1 aliphatic heterocycles. The van der Waals surface area contributed by atoms with E-state index in [0.29, 0.717) is 17.7 Å². The Morgan fingerprint density at radius 2 is 2.25 bits per heavy atom. The van der Waals surface area contributed by atoms with Crippen LogP contribution >= 0.6 is 12.2 Å². The number of nitrogens with one attached hydrogen (secondary N) is 2. The Bertz CT molecular complexity index is 643. The minimum absolute atomic E-state index is 0.145. The third-order valence-electron chi connectivity index (χ3n) is 2.89. The molecule has 0 aromatic heterocycles. The van der Waals surface area contributed by atoms with Crippen molar-refractivity contribution in [2.24, 2.45) is 5.73 Å². The third-order valence-corrected chi connectivity index (χ3v) is 4.53. The second-order valence-corrected chi connectivity index (χ2v) is 6.84. The van der Waals surface area contributed by atoms with E-state index in [1.165, 1.54) is 0 Å². The standard InChI is InChI=1S/C12H15N3O3S2/c13-12(19)9-3-1-2-8(4-9)7-20(17,18)15-10-5-11(16)14-6-10/h1-4,10,15H,5-7H2,(H2,13,19)(H,14,16).